The minimum absolute atomic E-state index is 0.480. The van der Waals surface area contributed by atoms with Gasteiger partial charge in [-0.1, -0.05) is 12.5 Å². The molecule has 0 aromatic carbocycles. The number of aromatic nitrogens is 1. The number of hydrogen-bond donors (Lipinski definition) is 2. The van der Waals surface area contributed by atoms with Gasteiger partial charge in [0.25, 0.3) is 0 Å². The molecule has 0 amide bonds. The predicted molar refractivity (Wildman–Crippen MR) is 66.7 cm³/mol. The maximum Gasteiger partial charge on any atom is 0.0941 e. The van der Waals surface area contributed by atoms with Crippen LogP contribution in [0.3, 0.4) is 0 Å². The Morgan fingerprint density at radius 3 is 2.59 bits per heavy atom. The molecule has 2 fully saturated rings. The second-order valence-electron chi connectivity index (χ2n) is 5.62. The van der Waals surface area contributed by atoms with Gasteiger partial charge in [0, 0.05) is 29.5 Å². The molecule has 17 heavy (non-hydrogen) atoms. The second kappa shape index (κ2) is 4.07. The van der Waals surface area contributed by atoms with Crippen molar-refractivity contribution < 1.29 is 5.11 Å². The third kappa shape index (κ3) is 2.09. The summed E-state index contributed by atoms with van der Waals surface area (Å²) in [7, 11) is 0. The number of fused-ring (bicyclic) bond motifs is 2. The van der Waals surface area contributed by atoms with Crippen molar-refractivity contribution in [1.82, 2.24) is 10.3 Å². The van der Waals surface area contributed by atoms with Crippen LogP contribution in [0, 0.1) is 6.92 Å². The summed E-state index contributed by atoms with van der Waals surface area (Å²) in [5.74, 6) is 0. The molecule has 1 aromatic rings. The molecule has 2 N–H and O–H groups in total. The van der Waals surface area contributed by atoms with Crippen LogP contribution in [0.5, 0.6) is 0 Å². The van der Waals surface area contributed by atoms with Crippen LogP contribution in [0.25, 0.3) is 0 Å². The van der Waals surface area contributed by atoms with Gasteiger partial charge < -0.3 is 10.4 Å². The standard InChI is InChI=1S/C14H20N2O/c1-10-5-6-11(9-15-10)14(17)7-12-3-2-4-13(8-14)16-12/h5-6,9,12-13,16-17H,2-4,7-8H2,1H3. The first kappa shape index (κ1) is 11.2. The summed E-state index contributed by atoms with van der Waals surface area (Å²) in [5.41, 5.74) is 1.33. The Labute approximate surface area is 102 Å². The van der Waals surface area contributed by atoms with Crippen molar-refractivity contribution in [3.8, 4) is 0 Å². The van der Waals surface area contributed by atoms with Gasteiger partial charge in [0.2, 0.25) is 0 Å². The predicted octanol–water partition coefficient (Wildman–Crippen LogP) is 1.88. The summed E-state index contributed by atoms with van der Waals surface area (Å²) in [6, 6.07) is 4.98. The average Bonchev–Trinajstić information content (AvgIpc) is 2.29. The summed E-state index contributed by atoms with van der Waals surface area (Å²) in [5, 5.41) is 14.5. The summed E-state index contributed by atoms with van der Waals surface area (Å²) in [4.78, 5) is 4.31. The molecule has 3 heteroatoms. The smallest absolute Gasteiger partial charge is 0.0941 e. The van der Waals surface area contributed by atoms with Crippen LogP contribution in [0.15, 0.2) is 18.3 Å². The molecule has 2 atom stereocenters. The minimum Gasteiger partial charge on any atom is -0.385 e. The van der Waals surface area contributed by atoms with Crippen molar-refractivity contribution in [3.05, 3.63) is 29.6 Å². The van der Waals surface area contributed by atoms with E-state index in [1.165, 1.54) is 19.3 Å². The number of pyridine rings is 1. The lowest BCUT2D eigenvalue weighted by Gasteiger charge is -2.45. The molecule has 0 saturated carbocycles. The van der Waals surface area contributed by atoms with E-state index in [4.69, 9.17) is 0 Å². The van der Waals surface area contributed by atoms with Crippen LogP contribution < -0.4 is 5.32 Å². The maximum absolute atomic E-state index is 10.9. The van der Waals surface area contributed by atoms with Crippen molar-refractivity contribution >= 4 is 0 Å². The lowest BCUT2D eigenvalue weighted by Crippen LogP contribution is -2.54. The SMILES string of the molecule is Cc1ccc(C2(O)CC3CCCC(C2)N3)cn1. The van der Waals surface area contributed by atoms with Gasteiger partial charge in [0.15, 0.2) is 0 Å². The van der Waals surface area contributed by atoms with Crippen molar-refractivity contribution in [2.75, 3.05) is 0 Å². The molecule has 3 heterocycles. The van der Waals surface area contributed by atoms with Crippen molar-refractivity contribution in [3.63, 3.8) is 0 Å². The van der Waals surface area contributed by atoms with E-state index < -0.39 is 5.60 Å². The lowest BCUT2D eigenvalue weighted by atomic mass is 9.74. The summed E-state index contributed by atoms with van der Waals surface area (Å²) in [6.07, 6.45) is 7.18. The van der Waals surface area contributed by atoms with Crippen LogP contribution in [0.4, 0.5) is 0 Å². The fourth-order valence-corrected chi connectivity index (χ4v) is 3.31. The number of piperidine rings is 2. The number of aliphatic hydroxyl groups is 1. The van der Waals surface area contributed by atoms with Gasteiger partial charge in [0.1, 0.15) is 0 Å². The molecule has 0 radical (unpaired) electrons. The molecular formula is C14H20N2O. The van der Waals surface area contributed by atoms with E-state index in [0.717, 1.165) is 24.1 Å². The van der Waals surface area contributed by atoms with E-state index in [1.807, 2.05) is 25.3 Å². The van der Waals surface area contributed by atoms with Gasteiger partial charge in [0.05, 0.1) is 5.60 Å². The Bertz CT molecular complexity index is 389. The molecular weight excluding hydrogens is 212 g/mol. The van der Waals surface area contributed by atoms with Crippen LogP contribution in [-0.2, 0) is 5.60 Å². The highest BCUT2D eigenvalue weighted by molar-refractivity contribution is 5.23. The molecule has 2 bridgehead atoms. The van der Waals surface area contributed by atoms with Crippen LogP contribution in [0.1, 0.15) is 43.4 Å². The number of rotatable bonds is 1. The van der Waals surface area contributed by atoms with E-state index in [1.54, 1.807) is 0 Å². The zero-order valence-corrected chi connectivity index (χ0v) is 10.3. The van der Waals surface area contributed by atoms with Gasteiger partial charge in [-0.05, 0) is 38.7 Å². The third-order valence-corrected chi connectivity index (χ3v) is 4.19. The van der Waals surface area contributed by atoms with Crippen molar-refractivity contribution in [1.29, 1.82) is 0 Å². The van der Waals surface area contributed by atoms with E-state index in [-0.39, 0.29) is 0 Å². The highest BCUT2D eigenvalue weighted by Crippen LogP contribution is 2.39. The van der Waals surface area contributed by atoms with Crippen molar-refractivity contribution in [2.45, 2.75) is 56.7 Å². The Morgan fingerprint density at radius 2 is 2.00 bits per heavy atom. The molecule has 2 aliphatic heterocycles. The van der Waals surface area contributed by atoms with Crippen LogP contribution >= 0.6 is 0 Å². The molecule has 1 aromatic heterocycles. The van der Waals surface area contributed by atoms with Crippen LogP contribution in [-0.4, -0.2) is 22.2 Å². The quantitative estimate of drug-likeness (QED) is 0.777. The van der Waals surface area contributed by atoms with Gasteiger partial charge in [-0.2, -0.15) is 0 Å². The fourth-order valence-electron chi connectivity index (χ4n) is 3.31. The molecule has 0 spiro atoms. The Hall–Kier alpha value is -0.930. The zero-order chi connectivity index (χ0) is 11.9. The average molecular weight is 232 g/mol. The van der Waals surface area contributed by atoms with Gasteiger partial charge in [-0.25, -0.2) is 0 Å². The normalized spacial score (nSPS) is 36.8. The number of hydrogen-bond acceptors (Lipinski definition) is 3. The Kier molecular flexibility index (Phi) is 2.68. The zero-order valence-electron chi connectivity index (χ0n) is 10.3. The number of nitrogens with zero attached hydrogens (tertiary/aromatic N) is 1. The largest absolute Gasteiger partial charge is 0.385 e. The van der Waals surface area contributed by atoms with E-state index in [2.05, 4.69) is 10.3 Å². The van der Waals surface area contributed by atoms with Gasteiger partial charge in [-0.3, -0.25) is 4.98 Å². The first-order valence-electron chi connectivity index (χ1n) is 6.57. The molecule has 3 nitrogen and oxygen atoms in total. The third-order valence-electron chi connectivity index (χ3n) is 4.19. The van der Waals surface area contributed by atoms with E-state index in [9.17, 15) is 5.11 Å². The minimum atomic E-state index is -0.665. The monoisotopic (exact) mass is 232 g/mol. The van der Waals surface area contributed by atoms with E-state index >= 15 is 0 Å². The summed E-state index contributed by atoms with van der Waals surface area (Å²) >= 11 is 0. The highest BCUT2D eigenvalue weighted by Gasteiger charge is 2.41. The van der Waals surface area contributed by atoms with E-state index in [0.29, 0.717) is 12.1 Å². The molecule has 0 aliphatic carbocycles. The molecule has 2 unspecified atom stereocenters. The highest BCUT2D eigenvalue weighted by atomic mass is 16.3. The van der Waals surface area contributed by atoms with Gasteiger partial charge in [-0.15, -0.1) is 0 Å². The summed E-state index contributed by atoms with van der Waals surface area (Å²) in [6.45, 7) is 1.98. The van der Waals surface area contributed by atoms with Gasteiger partial charge >= 0.3 is 0 Å². The Balaban J connectivity index is 1.87. The topological polar surface area (TPSA) is 45.1 Å². The number of nitrogens with one attached hydrogen (secondary N) is 1. The lowest BCUT2D eigenvalue weighted by molar-refractivity contribution is -0.0361. The van der Waals surface area contributed by atoms with Crippen molar-refractivity contribution in [2.24, 2.45) is 0 Å². The molecule has 2 aliphatic rings. The molecule has 3 rings (SSSR count). The van der Waals surface area contributed by atoms with Crippen LogP contribution in [0.2, 0.25) is 0 Å². The first-order chi connectivity index (χ1) is 8.16. The fraction of sp³-hybridized carbons (Fsp3) is 0.643. The molecule has 92 valence electrons. The second-order valence-corrected chi connectivity index (χ2v) is 5.62. The Morgan fingerprint density at radius 1 is 1.29 bits per heavy atom. The maximum atomic E-state index is 10.9. The molecule has 2 saturated heterocycles. The summed E-state index contributed by atoms with van der Waals surface area (Å²) < 4.78 is 0. The first-order valence-corrected chi connectivity index (χ1v) is 6.57. The number of aryl methyl sites for hydroxylation is 1.